The summed E-state index contributed by atoms with van der Waals surface area (Å²) < 4.78 is 26.3. The number of alkyl halides is 3. The molecule has 0 amide bonds. The van der Waals surface area contributed by atoms with E-state index in [4.69, 9.17) is 45.4 Å². The molecule has 1 atom stereocenters. The zero-order chi connectivity index (χ0) is 18.6. The van der Waals surface area contributed by atoms with Gasteiger partial charge in [-0.25, -0.2) is 13.6 Å². The van der Waals surface area contributed by atoms with E-state index in [-0.39, 0.29) is 5.71 Å². The molecule has 0 unspecified atom stereocenters. The van der Waals surface area contributed by atoms with Crippen molar-refractivity contribution in [2.24, 2.45) is 10.9 Å². The molecule has 0 saturated carbocycles. The topological polar surface area (TPSA) is 64.7 Å². The van der Waals surface area contributed by atoms with Crippen molar-refractivity contribution in [3.63, 3.8) is 0 Å². The van der Waals surface area contributed by atoms with Gasteiger partial charge in [0.2, 0.25) is 5.00 Å². The molecule has 0 aliphatic rings. The first-order valence-corrected chi connectivity index (χ1v) is 8.04. The Hall–Kier alpha value is -1.73. The number of hydrogen-bond donors (Lipinski definition) is 1. The Labute approximate surface area is 157 Å². The second-order valence-electron chi connectivity index (χ2n) is 4.90. The highest BCUT2D eigenvalue weighted by Gasteiger charge is 2.41. The van der Waals surface area contributed by atoms with Gasteiger partial charge in [0.1, 0.15) is 17.3 Å². The van der Waals surface area contributed by atoms with Gasteiger partial charge in [-0.2, -0.15) is 0 Å². The number of benzene rings is 2. The molecule has 0 aromatic heterocycles. The predicted molar refractivity (Wildman–Crippen MR) is 92.8 cm³/mol. The van der Waals surface area contributed by atoms with E-state index in [1.807, 2.05) is 0 Å². The highest BCUT2D eigenvalue weighted by atomic mass is 35.5. The molecule has 25 heavy (non-hydrogen) atoms. The molecule has 0 heterocycles. The van der Waals surface area contributed by atoms with Gasteiger partial charge in [-0.3, -0.25) is 0 Å². The summed E-state index contributed by atoms with van der Waals surface area (Å²) in [4.78, 5) is 13.0. The van der Waals surface area contributed by atoms with E-state index in [9.17, 15) is 13.6 Å². The summed E-state index contributed by atoms with van der Waals surface area (Å²) in [5, 5.41) is 3.71. The average Bonchev–Trinajstić information content (AvgIpc) is 2.57. The van der Waals surface area contributed by atoms with Gasteiger partial charge in [-0.05, 0) is 48.5 Å². The van der Waals surface area contributed by atoms with Crippen molar-refractivity contribution in [3.05, 3.63) is 71.3 Å². The maximum Gasteiger partial charge on any atom is 0.372 e. The molecular formula is C16H11Cl3F2N2O2. The summed E-state index contributed by atoms with van der Waals surface area (Å²) in [6.45, 7) is 0. The van der Waals surface area contributed by atoms with Crippen LogP contribution in [0.4, 0.5) is 8.78 Å². The van der Waals surface area contributed by atoms with E-state index in [1.165, 1.54) is 48.5 Å². The number of hydrogen-bond acceptors (Lipinski definition) is 4. The molecule has 2 rings (SSSR count). The first kappa shape index (κ1) is 19.6. The first-order chi connectivity index (χ1) is 11.7. The molecule has 132 valence electrons. The lowest BCUT2D eigenvalue weighted by Crippen LogP contribution is -2.48. The lowest BCUT2D eigenvalue weighted by atomic mass is 10.0. The predicted octanol–water partition coefficient (Wildman–Crippen LogP) is 3.96. The summed E-state index contributed by atoms with van der Waals surface area (Å²) in [6.07, 6.45) is 0. The summed E-state index contributed by atoms with van der Waals surface area (Å²) in [5.41, 5.74) is 6.41. The first-order valence-electron chi connectivity index (χ1n) is 6.79. The van der Waals surface area contributed by atoms with Crippen molar-refractivity contribution < 1.29 is 18.4 Å². The van der Waals surface area contributed by atoms with Gasteiger partial charge in [0.25, 0.3) is 0 Å². The Balaban J connectivity index is 2.39. The molecule has 0 radical (unpaired) electrons. The van der Waals surface area contributed by atoms with Crippen molar-refractivity contribution in [1.29, 1.82) is 0 Å². The largest absolute Gasteiger partial charge is 0.372 e. The summed E-state index contributed by atoms with van der Waals surface area (Å²) >= 11 is 16.8. The van der Waals surface area contributed by atoms with Crippen LogP contribution in [0, 0.1) is 11.6 Å². The number of carbonyl (C=O) groups excluding carboxylic acids is 1. The molecule has 0 saturated heterocycles. The number of rotatable bonds is 5. The molecule has 0 aliphatic carbocycles. The fraction of sp³-hybridized carbons (Fsp3) is 0.125. The minimum atomic E-state index is -2.21. The van der Waals surface area contributed by atoms with Crippen LogP contribution in [-0.4, -0.2) is 21.5 Å². The van der Waals surface area contributed by atoms with E-state index in [0.717, 1.165) is 0 Å². The quantitative estimate of drug-likeness (QED) is 0.268. The Bertz CT molecular complexity index is 731. The maximum absolute atomic E-state index is 13.1. The Morgan fingerprint density at radius 2 is 1.40 bits per heavy atom. The van der Waals surface area contributed by atoms with E-state index in [1.54, 1.807) is 0 Å². The molecule has 0 fully saturated rings. The van der Waals surface area contributed by atoms with Crippen LogP contribution in [0.5, 0.6) is 0 Å². The highest BCUT2D eigenvalue weighted by Crippen LogP contribution is 2.24. The minimum absolute atomic E-state index is 0.126. The third-order valence-corrected chi connectivity index (χ3v) is 4.37. The van der Waals surface area contributed by atoms with Crippen LogP contribution in [0.3, 0.4) is 0 Å². The molecular weight excluding hydrogens is 397 g/mol. The van der Waals surface area contributed by atoms with Crippen molar-refractivity contribution in [1.82, 2.24) is 0 Å². The molecule has 2 N–H and O–H groups in total. The Morgan fingerprint density at radius 1 is 1.00 bits per heavy atom. The van der Waals surface area contributed by atoms with Crippen LogP contribution in [0.2, 0.25) is 0 Å². The molecule has 9 heteroatoms. The van der Waals surface area contributed by atoms with Crippen LogP contribution in [0.1, 0.15) is 11.1 Å². The van der Waals surface area contributed by atoms with E-state index < -0.39 is 27.4 Å². The van der Waals surface area contributed by atoms with E-state index in [2.05, 4.69) is 5.16 Å². The molecule has 2 aromatic carbocycles. The third-order valence-electron chi connectivity index (χ3n) is 3.09. The van der Waals surface area contributed by atoms with Crippen LogP contribution in [0.15, 0.2) is 53.7 Å². The van der Waals surface area contributed by atoms with Gasteiger partial charge >= 0.3 is 5.97 Å². The number of nitrogens with zero attached hydrogens (tertiary/aromatic N) is 1. The molecule has 0 aliphatic heterocycles. The number of carbonyl (C=O) groups is 1. The van der Waals surface area contributed by atoms with E-state index >= 15 is 0 Å². The molecule has 0 spiro atoms. The zero-order valence-corrected chi connectivity index (χ0v) is 14.7. The van der Waals surface area contributed by atoms with E-state index in [0.29, 0.717) is 11.1 Å². The van der Waals surface area contributed by atoms with Gasteiger partial charge in [0.05, 0.1) is 0 Å². The Kier molecular flexibility index (Phi) is 6.35. The monoisotopic (exact) mass is 406 g/mol. The van der Waals surface area contributed by atoms with Crippen molar-refractivity contribution in [3.8, 4) is 0 Å². The number of nitrogens with two attached hydrogens (primary N) is 1. The van der Waals surface area contributed by atoms with Crippen molar-refractivity contribution >= 4 is 46.5 Å². The second-order valence-corrected chi connectivity index (χ2v) is 6.62. The average molecular weight is 408 g/mol. The summed E-state index contributed by atoms with van der Waals surface area (Å²) in [7, 11) is 0. The van der Waals surface area contributed by atoms with Gasteiger partial charge in [-0.15, -0.1) is 23.2 Å². The summed E-state index contributed by atoms with van der Waals surface area (Å²) in [6, 6.07) is 10.4. The second kappa shape index (κ2) is 8.10. The lowest BCUT2D eigenvalue weighted by Gasteiger charge is -2.18. The fourth-order valence-electron chi connectivity index (χ4n) is 1.73. The van der Waals surface area contributed by atoms with Crippen LogP contribution in [-0.2, 0) is 9.63 Å². The van der Waals surface area contributed by atoms with Gasteiger partial charge < -0.3 is 10.6 Å². The standard InChI is InChI=1S/C16H11Cl3F2N2O2/c17-14(18)16(19,22)15(24)25-23-13(9-1-5-11(20)6-2-9)10-3-7-12(21)8-4-10/h1-8,14H,22H2/t16-/m0/s1. The zero-order valence-electron chi connectivity index (χ0n) is 12.4. The maximum atomic E-state index is 13.1. The number of oxime groups is 1. The molecule has 4 nitrogen and oxygen atoms in total. The van der Waals surface area contributed by atoms with Gasteiger partial charge in [-0.1, -0.05) is 16.8 Å². The van der Waals surface area contributed by atoms with Crippen LogP contribution < -0.4 is 5.73 Å². The minimum Gasteiger partial charge on any atom is -0.314 e. The smallest absolute Gasteiger partial charge is 0.314 e. The van der Waals surface area contributed by atoms with Crippen molar-refractivity contribution in [2.75, 3.05) is 0 Å². The molecule has 0 bridgehead atoms. The van der Waals surface area contributed by atoms with Gasteiger partial charge in [0.15, 0.2) is 4.84 Å². The highest BCUT2D eigenvalue weighted by molar-refractivity contribution is 6.53. The Morgan fingerprint density at radius 3 is 1.76 bits per heavy atom. The third kappa shape index (κ3) is 4.89. The fourth-order valence-corrected chi connectivity index (χ4v) is 1.95. The summed E-state index contributed by atoms with van der Waals surface area (Å²) in [5.74, 6) is -2.12. The SMILES string of the molecule is N[C@](Cl)(C(=O)ON=C(c1ccc(F)cc1)c1ccc(F)cc1)C(Cl)Cl. The number of halogens is 5. The van der Waals surface area contributed by atoms with Crippen LogP contribution >= 0.6 is 34.8 Å². The lowest BCUT2D eigenvalue weighted by molar-refractivity contribution is -0.146. The van der Waals surface area contributed by atoms with Gasteiger partial charge in [0, 0.05) is 11.1 Å². The molecule has 2 aromatic rings. The normalized spacial score (nSPS) is 13.2. The van der Waals surface area contributed by atoms with Crippen molar-refractivity contribution in [2.45, 2.75) is 9.83 Å². The van der Waals surface area contributed by atoms with Crippen LogP contribution in [0.25, 0.3) is 0 Å².